The fourth-order valence-corrected chi connectivity index (χ4v) is 1.90. The molecular formula is C14H17N5O2. The summed E-state index contributed by atoms with van der Waals surface area (Å²) in [6.45, 7) is 0.420. The first-order chi connectivity index (χ1) is 10.1. The molecule has 1 aromatic carbocycles. The molecule has 1 aromatic heterocycles. The molecule has 0 atom stereocenters. The van der Waals surface area contributed by atoms with Crippen molar-refractivity contribution in [2.45, 2.75) is 6.54 Å². The number of carbonyl (C=O) groups is 1. The van der Waals surface area contributed by atoms with Crippen LogP contribution in [0.25, 0.3) is 0 Å². The lowest BCUT2D eigenvalue weighted by Gasteiger charge is -2.21. The largest absolute Gasteiger partial charge is 0.481 e. The van der Waals surface area contributed by atoms with E-state index >= 15 is 0 Å². The first-order valence-electron chi connectivity index (χ1n) is 6.33. The van der Waals surface area contributed by atoms with Gasteiger partial charge in [-0.3, -0.25) is 4.79 Å². The van der Waals surface area contributed by atoms with Gasteiger partial charge in [-0.05, 0) is 17.7 Å². The van der Waals surface area contributed by atoms with Crippen molar-refractivity contribution < 1.29 is 9.53 Å². The maximum absolute atomic E-state index is 11.3. The summed E-state index contributed by atoms with van der Waals surface area (Å²) < 4.78 is 5.07. The van der Waals surface area contributed by atoms with Gasteiger partial charge in [0.05, 0.1) is 13.7 Å². The van der Waals surface area contributed by atoms with Crippen LogP contribution in [0.2, 0.25) is 0 Å². The van der Waals surface area contributed by atoms with Crippen molar-refractivity contribution >= 4 is 17.5 Å². The topological polar surface area (TPSA) is 107 Å². The summed E-state index contributed by atoms with van der Waals surface area (Å²) in [6, 6.07) is 9.01. The van der Waals surface area contributed by atoms with E-state index in [0.717, 1.165) is 5.56 Å². The highest BCUT2D eigenvalue weighted by molar-refractivity contribution is 5.78. The number of nitrogens with two attached hydrogens (primary N) is 2. The lowest BCUT2D eigenvalue weighted by Crippen LogP contribution is -2.34. The van der Waals surface area contributed by atoms with E-state index in [4.69, 9.17) is 16.2 Å². The smallest absolute Gasteiger partial charge is 0.237 e. The van der Waals surface area contributed by atoms with Crippen molar-refractivity contribution in [3.05, 3.63) is 42.1 Å². The summed E-state index contributed by atoms with van der Waals surface area (Å²) in [5.41, 5.74) is 12.6. The average Bonchev–Trinajstić information content (AvgIpc) is 2.46. The molecule has 7 heteroatoms. The van der Waals surface area contributed by atoms with E-state index in [-0.39, 0.29) is 6.54 Å². The number of benzene rings is 1. The van der Waals surface area contributed by atoms with Gasteiger partial charge in [-0.15, -0.1) is 0 Å². The van der Waals surface area contributed by atoms with E-state index < -0.39 is 5.91 Å². The third-order valence-corrected chi connectivity index (χ3v) is 2.78. The highest BCUT2D eigenvalue weighted by atomic mass is 16.5. The number of aromatic nitrogens is 2. The van der Waals surface area contributed by atoms with E-state index in [2.05, 4.69) is 9.97 Å². The van der Waals surface area contributed by atoms with Crippen molar-refractivity contribution in [2.75, 3.05) is 24.3 Å². The Morgan fingerprint density at radius 1 is 1.38 bits per heavy atom. The number of rotatable bonds is 6. The number of hydrogen-bond donors (Lipinski definition) is 2. The van der Waals surface area contributed by atoms with Crippen molar-refractivity contribution in [2.24, 2.45) is 5.73 Å². The van der Waals surface area contributed by atoms with Crippen LogP contribution in [0.3, 0.4) is 0 Å². The van der Waals surface area contributed by atoms with Crippen LogP contribution in [0.15, 0.2) is 36.5 Å². The molecule has 110 valence electrons. The van der Waals surface area contributed by atoms with Gasteiger partial charge in [-0.1, -0.05) is 12.1 Å². The van der Waals surface area contributed by atoms with E-state index in [1.54, 1.807) is 23.2 Å². The summed E-state index contributed by atoms with van der Waals surface area (Å²) in [6.07, 6.45) is 1.56. The zero-order chi connectivity index (χ0) is 15.2. The Bertz CT molecular complexity index is 632. The molecule has 0 aliphatic heterocycles. The maximum Gasteiger partial charge on any atom is 0.237 e. The van der Waals surface area contributed by atoms with Gasteiger partial charge in [0.1, 0.15) is 0 Å². The van der Waals surface area contributed by atoms with Gasteiger partial charge < -0.3 is 21.1 Å². The second-order valence-corrected chi connectivity index (χ2v) is 4.47. The van der Waals surface area contributed by atoms with Crippen LogP contribution in [-0.4, -0.2) is 29.5 Å². The van der Waals surface area contributed by atoms with Crippen molar-refractivity contribution in [3.63, 3.8) is 0 Å². The van der Waals surface area contributed by atoms with Gasteiger partial charge in [0.15, 0.2) is 0 Å². The molecule has 0 bridgehead atoms. The third-order valence-electron chi connectivity index (χ3n) is 2.78. The third kappa shape index (κ3) is 4.07. The average molecular weight is 287 g/mol. The molecule has 0 spiro atoms. The number of nitrogens with zero attached hydrogens (tertiary/aromatic N) is 3. The van der Waals surface area contributed by atoms with Crippen LogP contribution >= 0.6 is 0 Å². The quantitative estimate of drug-likeness (QED) is 0.752. The van der Waals surface area contributed by atoms with Crippen molar-refractivity contribution in [3.8, 4) is 5.88 Å². The molecule has 0 radical (unpaired) electrons. The minimum absolute atomic E-state index is 0.00195. The van der Waals surface area contributed by atoms with Crippen LogP contribution in [-0.2, 0) is 11.3 Å². The molecule has 0 saturated carbocycles. The predicted molar refractivity (Wildman–Crippen MR) is 79.7 cm³/mol. The molecule has 21 heavy (non-hydrogen) atoms. The molecule has 0 fully saturated rings. The van der Waals surface area contributed by atoms with Gasteiger partial charge in [-0.2, -0.15) is 4.98 Å². The number of nitrogen functional groups attached to an aromatic ring is 1. The normalized spacial score (nSPS) is 10.1. The van der Waals surface area contributed by atoms with Crippen molar-refractivity contribution in [1.82, 2.24) is 9.97 Å². The van der Waals surface area contributed by atoms with Crippen molar-refractivity contribution in [1.29, 1.82) is 0 Å². The van der Waals surface area contributed by atoms with Gasteiger partial charge in [0.25, 0.3) is 0 Å². The van der Waals surface area contributed by atoms with Crippen LogP contribution in [0.5, 0.6) is 5.88 Å². The Labute approximate surface area is 122 Å². The predicted octanol–water partition coefficient (Wildman–Crippen LogP) is 0.559. The fraction of sp³-hybridized carbons (Fsp3) is 0.214. The molecule has 1 amide bonds. The highest BCUT2D eigenvalue weighted by Gasteiger charge is 2.14. The Hall–Kier alpha value is -2.83. The maximum atomic E-state index is 11.3. The molecule has 1 heterocycles. The van der Waals surface area contributed by atoms with E-state index in [0.29, 0.717) is 24.1 Å². The molecule has 0 aliphatic carbocycles. The van der Waals surface area contributed by atoms with E-state index in [9.17, 15) is 4.79 Å². The van der Waals surface area contributed by atoms with Gasteiger partial charge in [0.2, 0.25) is 17.7 Å². The lowest BCUT2D eigenvalue weighted by atomic mass is 10.2. The molecule has 4 N–H and O–H groups in total. The Kier molecular flexibility index (Phi) is 4.55. The number of primary amides is 1. The van der Waals surface area contributed by atoms with E-state index in [1.165, 1.54) is 7.11 Å². The monoisotopic (exact) mass is 287 g/mol. The molecule has 0 aliphatic rings. The number of carbonyl (C=O) groups excluding carboxylic acids is 1. The molecule has 2 aromatic rings. The van der Waals surface area contributed by atoms with E-state index in [1.807, 2.05) is 18.2 Å². The highest BCUT2D eigenvalue weighted by Crippen LogP contribution is 2.16. The minimum atomic E-state index is -0.467. The number of amides is 1. The zero-order valence-electron chi connectivity index (χ0n) is 11.7. The second-order valence-electron chi connectivity index (χ2n) is 4.47. The summed E-state index contributed by atoms with van der Waals surface area (Å²) >= 11 is 0. The number of methoxy groups -OCH3 is 1. The Morgan fingerprint density at radius 3 is 2.86 bits per heavy atom. The summed E-state index contributed by atoms with van der Waals surface area (Å²) in [4.78, 5) is 21.3. The SMILES string of the molecule is COc1ccnc(N(CC(N)=O)Cc2cccc(N)c2)n1. The molecule has 2 rings (SSSR count). The molecule has 7 nitrogen and oxygen atoms in total. The van der Waals surface area contributed by atoms with Gasteiger partial charge >= 0.3 is 0 Å². The van der Waals surface area contributed by atoms with Crippen LogP contribution in [0.1, 0.15) is 5.56 Å². The summed E-state index contributed by atoms with van der Waals surface area (Å²) in [7, 11) is 1.52. The standard InChI is InChI=1S/C14H17N5O2/c1-21-13-5-6-17-14(18-13)19(9-12(16)20)8-10-3-2-4-11(15)7-10/h2-7H,8-9,15H2,1H3,(H2,16,20). The molecule has 0 unspecified atom stereocenters. The van der Waals surface area contributed by atoms with Gasteiger partial charge in [-0.25, -0.2) is 4.98 Å². The van der Waals surface area contributed by atoms with Crippen LogP contribution in [0.4, 0.5) is 11.6 Å². The number of ether oxygens (including phenoxy) is 1. The minimum Gasteiger partial charge on any atom is -0.481 e. The van der Waals surface area contributed by atoms with Crippen LogP contribution in [0, 0.1) is 0 Å². The lowest BCUT2D eigenvalue weighted by molar-refractivity contribution is -0.116. The molecule has 0 saturated heterocycles. The Balaban J connectivity index is 2.27. The summed E-state index contributed by atoms with van der Waals surface area (Å²) in [5, 5.41) is 0. The van der Waals surface area contributed by atoms with Crippen LogP contribution < -0.4 is 21.1 Å². The zero-order valence-corrected chi connectivity index (χ0v) is 11.7. The van der Waals surface area contributed by atoms with Gasteiger partial charge in [0, 0.05) is 24.5 Å². The number of anilines is 2. The second kappa shape index (κ2) is 6.56. The number of hydrogen-bond acceptors (Lipinski definition) is 6. The summed E-state index contributed by atoms with van der Waals surface area (Å²) in [5.74, 6) is 0.322. The first kappa shape index (κ1) is 14.6. The fourth-order valence-electron chi connectivity index (χ4n) is 1.90. The first-order valence-corrected chi connectivity index (χ1v) is 6.33. The molecular weight excluding hydrogens is 270 g/mol. The Morgan fingerprint density at radius 2 is 2.19 bits per heavy atom.